The molecule has 2 fully saturated rings. The van der Waals surface area contributed by atoms with E-state index in [1.165, 1.54) is 0 Å². The zero-order valence-corrected chi connectivity index (χ0v) is 12.0. The van der Waals surface area contributed by atoms with Crippen molar-refractivity contribution >= 4 is 0 Å². The molecule has 0 aromatic heterocycles. The maximum atomic E-state index is 10.00. The van der Waals surface area contributed by atoms with Gasteiger partial charge in [-0.15, -0.1) is 0 Å². The first-order chi connectivity index (χ1) is 10.8. The summed E-state index contributed by atoms with van der Waals surface area (Å²) >= 11 is 0. The van der Waals surface area contributed by atoms with Gasteiger partial charge in [-0.1, -0.05) is 0 Å². The summed E-state index contributed by atoms with van der Waals surface area (Å²) in [5.74, 6) is 0. The molecule has 11 heteroatoms. The fourth-order valence-electron chi connectivity index (χ4n) is 2.56. The number of hydrogen-bond donors (Lipinski definition) is 8. The molecule has 2 saturated heterocycles. The summed E-state index contributed by atoms with van der Waals surface area (Å²) in [5.41, 5.74) is 0. The van der Waals surface area contributed by atoms with Crippen LogP contribution in [0.5, 0.6) is 0 Å². The van der Waals surface area contributed by atoms with Crippen molar-refractivity contribution in [3.05, 3.63) is 0 Å². The van der Waals surface area contributed by atoms with Crippen LogP contribution in [0.4, 0.5) is 0 Å². The van der Waals surface area contributed by atoms with E-state index in [-0.39, 0.29) is 0 Å². The molecule has 10 atom stereocenters. The molecule has 0 aromatic carbocycles. The van der Waals surface area contributed by atoms with Crippen LogP contribution < -0.4 is 0 Å². The molecule has 0 amide bonds. The van der Waals surface area contributed by atoms with Gasteiger partial charge in [-0.2, -0.15) is 0 Å². The summed E-state index contributed by atoms with van der Waals surface area (Å²) in [6.07, 6.45) is -15.7. The number of ether oxygens (including phenoxy) is 3. The van der Waals surface area contributed by atoms with Crippen molar-refractivity contribution in [3.8, 4) is 0 Å². The maximum Gasteiger partial charge on any atom is 0.187 e. The highest BCUT2D eigenvalue weighted by molar-refractivity contribution is 4.93. The SMILES string of the molecule is OC[C@H]1OC(O[C@H]2[C@H](O)[C@@H](CO)OC(O)[C@@H]2O)[C@H](O)[C@@H](O)[C@H]1O. The summed E-state index contributed by atoms with van der Waals surface area (Å²) in [4.78, 5) is 0. The summed E-state index contributed by atoms with van der Waals surface area (Å²) < 4.78 is 15.1. The van der Waals surface area contributed by atoms with Crippen molar-refractivity contribution in [3.63, 3.8) is 0 Å². The molecule has 0 spiro atoms. The first kappa shape index (κ1) is 18.9. The number of hydrogen-bond acceptors (Lipinski definition) is 11. The largest absolute Gasteiger partial charge is 0.394 e. The van der Waals surface area contributed by atoms with Crippen molar-refractivity contribution in [1.82, 2.24) is 0 Å². The lowest BCUT2D eigenvalue weighted by atomic mass is 9.97. The van der Waals surface area contributed by atoms with Gasteiger partial charge in [0.1, 0.15) is 48.8 Å². The molecule has 23 heavy (non-hydrogen) atoms. The van der Waals surface area contributed by atoms with E-state index < -0.39 is 74.6 Å². The summed E-state index contributed by atoms with van der Waals surface area (Å²) in [6.45, 7) is -1.34. The van der Waals surface area contributed by atoms with Gasteiger partial charge in [0.15, 0.2) is 12.6 Å². The van der Waals surface area contributed by atoms with Crippen LogP contribution in [-0.2, 0) is 14.2 Å². The minimum Gasteiger partial charge on any atom is -0.394 e. The Morgan fingerprint density at radius 2 is 1.22 bits per heavy atom. The van der Waals surface area contributed by atoms with E-state index in [0.29, 0.717) is 0 Å². The quantitative estimate of drug-likeness (QED) is 0.243. The number of rotatable bonds is 4. The Labute approximate surface area is 130 Å². The maximum absolute atomic E-state index is 10.00. The van der Waals surface area contributed by atoms with E-state index in [1.54, 1.807) is 0 Å². The third kappa shape index (κ3) is 3.65. The van der Waals surface area contributed by atoms with Crippen LogP contribution in [0.3, 0.4) is 0 Å². The number of aliphatic hydroxyl groups is 8. The predicted octanol–water partition coefficient (Wildman–Crippen LogP) is -5.40. The van der Waals surface area contributed by atoms with Gasteiger partial charge in [-0.3, -0.25) is 0 Å². The average Bonchev–Trinajstić information content (AvgIpc) is 2.54. The van der Waals surface area contributed by atoms with Gasteiger partial charge in [0.2, 0.25) is 0 Å². The Balaban J connectivity index is 2.11. The molecule has 2 rings (SSSR count). The lowest BCUT2D eigenvalue weighted by Crippen LogP contribution is -2.64. The molecule has 2 aliphatic rings. The second-order valence-electron chi connectivity index (χ2n) is 5.53. The van der Waals surface area contributed by atoms with E-state index in [0.717, 1.165) is 0 Å². The Kier molecular flexibility index (Phi) is 6.27. The molecule has 136 valence electrons. The zero-order valence-electron chi connectivity index (χ0n) is 12.0. The van der Waals surface area contributed by atoms with Crippen molar-refractivity contribution < 1.29 is 55.1 Å². The van der Waals surface area contributed by atoms with Gasteiger partial charge in [0, 0.05) is 0 Å². The van der Waals surface area contributed by atoms with Crippen LogP contribution >= 0.6 is 0 Å². The Morgan fingerprint density at radius 3 is 1.78 bits per heavy atom. The fraction of sp³-hybridized carbons (Fsp3) is 1.00. The van der Waals surface area contributed by atoms with Crippen LogP contribution in [0.1, 0.15) is 0 Å². The molecular weight excluding hydrogens is 320 g/mol. The first-order valence-corrected chi connectivity index (χ1v) is 7.08. The average molecular weight is 342 g/mol. The second kappa shape index (κ2) is 7.63. The van der Waals surface area contributed by atoms with E-state index >= 15 is 0 Å². The summed E-state index contributed by atoms with van der Waals surface area (Å²) in [6, 6.07) is 0. The van der Waals surface area contributed by atoms with Crippen LogP contribution in [0, 0.1) is 0 Å². The fourth-order valence-corrected chi connectivity index (χ4v) is 2.56. The van der Waals surface area contributed by atoms with E-state index in [1.807, 2.05) is 0 Å². The standard InChI is InChI=1S/C12H22O11/c13-1-3-5(15)7(17)8(18)12(22-3)23-10-6(16)4(2-14)21-11(20)9(10)19/h3-20H,1-2H2/t3-,4-,5+,6-,7+,8-,9-,10+,11?,12?/m1/s1. The van der Waals surface area contributed by atoms with Gasteiger partial charge in [0.05, 0.1) is 13.2 Å². The number of aliphatic hydroxyl groups excluding tert-OH is 8. The molecule has 8 N–H and O–H groups in total. The molecule has 0 aromatic rings. The van der Waals surface area contributed by atoms with Gasteiger partial charge >= 0.3 is 0 Å². The van der Waals surface area contributed by atoms with Crippen LogP contribution in [0.15, 0.2) is 0 Å². The highest BCUT2D eigenvalue weighted by Crippen LogP contribution is 2.28. The lowest BCUT2D eigenvalue weighted by Gasteiger charge is -2.45. The summed E-state index contributed by atoms with van der Waals surface area (Å²) in [7, 11) is 0. The molecule has 0 saturated carbocycles. The smallest absolute Gasteiger partial charge is 0.187 e. The molecular formula is C12H22O11. The molecule has 0 bridgehead atoms. The lowest BCUT2D eigenvalue weighted by molar-refractivity contribution is -0.355. The topological polar surface area (TPSA) is 190 Å². The highest BCUT2D eigenvalue weighted by atomic mass is 16.7. The van der Waals surface area contributed by atoms with Gasteiger partial charge in [-0.05, 0) is 0 Å². The van der Waals surface area contributed by atoms with Gasteiger partial charge in [-0.25, -0.2) is 0 Å². The van der Waals surface area contributed by atoms with Crippen molar-refractivity contribution in [2.24, 2.45) is 0 Å². The van der Waals surface area contributed by atoms with E-state index in [9.17, 15) is 30.6 Å². The van der Waals surface area contributed by atoms with Crippen LogP contribution in [-0.4, -0.2) is 115 Å². The van der Waals surface area contributed by atoms with Crippen LogP contribution in [0.25, 0.3) is 0 Å². The van der Waals surface area contributed by atoms with Crippen LogP contribution in [0.2, 0.25) is 0 Å². The van der Waals surface area contributed by atoms with Gasteiger partial charge in [0.25, 0.3) is 0 Å². The first-order valence-electron chi connectivity index (χ1n) is 7.08. The molecule has 0 radical (unpaired) electrons. The normalized spacial score (nSPS) is 51.7. The molecule has 2 heterocycles. The van der Waals surface area contributed by atoms with Gasteiger partial charge < -0.3 is 55.1 Å². The molecule has 2 aliphatic heterocycles. The Bertz CT molecular complexity index is 380. The third-order valence-corrected chi connectivity index (χ3v) is 3.98. The zero-order chi connectivity index (χ0) is 17.3. The van der Waals surface area contributed by atoms with Crippen molar-refractivity contribution in [2.75, 3.05) is 13.2 Å². The monoisotopic (exact) mass is 342 g/mol. The molecule has 0 aliphatic carbocycles. The Morgan fingerprint density at radius 1 is 0.652 bits per heavy atom. The van der Waals surface area contributed by atoms with Crippen molar-refractivity contribution in [1.29, 1.82) is 0 Å². The molecule has 11 nitrogen and oxygen atoms in total. The third-order valence-electron chi connectivity index (χ3n) is 3.98. The Hall–Kier alpha value is -0.440. The second-order valence-corrected chi connectivity index (χ2v) is 5.53. The molecule has 2 unspecified atom stereocenters. The minimum atomic E-state index is -1.76. The highest BCUT2D eigenvalue weighted by Gasteiger charge is 2.50. The minimum absolute atomic E-state index is 0.667. The van der Waals surface area contributed by atoms with E-state index in [2.05, 4.69) is 0 Å². The predicted molar refractivity (Wildman–Crippen MR) is 68.6 cm³/mol. The van der Waals surface area contributed by atoms with E-state index in [4.69, 9.17) is 24.4 Å². The van der Waals surface area contributed by atoms with Crippen molar-refractivity contribution in [2.45, 2.75) is 61.4 Å². The summed E-state index contributed by atoms with van der Waals surface area (Å²) in [5, 5.41) is 76.8.